The standard InChI is InChI=1S/C25H25F2NO2/c1-14(2)23-21(15-10-25(11-15)12-16(13-25)24(29)30)22-19(27)4-3-5-20(22)28(23)18-8-6-17(26)7-9-18/h3-9,14-16H,10-13H2,1-2H3,(H,29,30). The molecule has 0 saturated heterocycles. The van der Waals surface area contributed by atoms with Crippen molar-refractivity contribution in [2.45, 2.75) is 51.4 Å². The molecule has 2 aliphatic carbocycles. The van der Waals surface area contributed by atoms with Crippen molar-refractivity contribution in [2.24, 2.45) is 11.3 Å². The minimum absolute atomic E-state index is 0.109. The van der Waals surface area contributed by atoms with Crippen molar-refractivity contribution in [3.8, 4) is 5.69 Å². The van der Waals surface area contributed by atoms with Crippen molar-refractivity contribution in [3.05, 3.63) is 65.4 Å². The number of aromatic nitrogens is 1. The highest BCUT2D eigenvalue weighted by Gasteiger charge is 2.56. The molecule has 5 heteroatoms. The van der Waals surface area contributed by atoms with Gasteiger partial charge in [0.2, 0.25) is 0 Å². The van der Waals surface area contributed by atoms with Gasteiger partial charge in [-0.15, -0.1) is 0 Å². The molecule has 0 amide bonds. The number of halogens is 2. The fourth-order valence-electron chi connectivity index (χ4n) is 5.88. The van der Waals surface area contributed by atoms with Crippen molar-refractivity contribution in [2.75, 3.05) is 0 Å². The minimum atomic E-state index is -0.703. The number of carbonyl (C=O) groups is 1. The molecule has 2 saturated carbocycles. The molecule has 1 heterocycles. The maximum absolute atomic E-state index is 15.1. The van der Waals surface area contributed by atoms with Crippen LogP contribution in [-0.2, 0) is 4.79 Å². The van der Waals surface area contributed by atoms with E-state index in [1.54, 1.807) is 18.2 Å². The largest absolute Gasteiger partial charge is 0.481 e. The van der Waals surface area contributed by atoms with E-state index in [-0.39, 0.29) is 34.8 Å². The summed E-state index contributed by atoms with van der Waals surface area (Å²) in [6.45, 7) is 4.21. The fourth-order valence-corrected chi connectivity index (χ4v) is 5.88. The Morgan fingerprint density at radius 2 is 1.73 bits per heavy atom. The van der Waals surface area contributed by atoms with Crippen LogP contribution in [0.2, 0.25) is 0 Å². The Balaban J connectivity index is 1.63. The molecule has 3 aromatic rings. The van der Waals surface area contributed by atoms with E-state index in [0.29, 0.717) is 5.39 Å². The number of carboxylic acid groups (broad SMARTS) is 1. The second-order valence-electron chi connectivity index (χ2n) is 9.45. The maximum atomic E-state index is 15.1. The normalized spacial score (nSPS) is 25.5. The van der Waals surface area contributed by atoms with Crippen LogP contribution < -0.4 is 0 Å². The van der Waals surface area contributed by atoms with E-state index < -0.39 is 5.97 Å². The number of fused-ring (bicyclic) bond motifs is 1. The average molecular weight is 409 g/mol. The summed E-state index contributed by atoms with van der Waals surface area (Å²) in [6.07, 6.45) is 3.28. The predicted molar refractivity (Wildman–Crippen MR) is 112 cm³/mol. The Morgan fingerprint density at radius 1 is 1.07 bits per heavy atom. The lowest BCUT2D eigenvalue weighted by molar-refractivity contribution is -0.155. The lowest BCUT2D eigenvalue weighted by atomic mass is 9.47. The highest BCUT2D eigenvalue weighted by Crippen LogP contribution is 2.65. The summed E-state index contributed by atoms with van der Waals surface area (Å²) in [5.74, 6) is -1.09. The molecule has 5 rings (SSSR count). The zero-order valence-electron chi connectivity index (χ0n) is 17.2. The van der Waals surface area contributed by atoms with Crippen molar-refractivity contribution in [1.29, 1.82) is 0 Å². The van der Waals surface area contributed by atoms with Gasteiger partial charge in [0.25, 0.3) is 0 Å². The van der Waals surface area contributed by atoms with Crippen molar-refractivity contribution >= 4 is 16.9 Å². The molecule has 2 aliphatic rings. The van der Waals surface area contributed by atoms with Crippen LogP contribution in [0, 0.1) is 23.0 Å². The Kier molecular flexibility index (Phi) is 4.28. The smallest absolute Gasteiger partial charge is 0.306 e. The quantitative estimate of drug-likeness (QED) is 0.542. The zero-order chi connectivity index (χ0) is 21.2. The first-order chi connectivity index (χ1) is 14.3. The third kappa shape index (κ3) is 2.78. The SMILES string of the molecule is CC(C)c1c(C2CC3(CC(C(=O)O)C3)C2)c2c(F)cccc2n1-c1ccc(F)cc1. The van der Waals surface area contributed by atoms with Crippen molar-refractivity contribution in [1.82, 2.24) is 4.57 Å². The van der Waals surface area contributed by atoms with Gasteiger partial charge in [-0.1, -0.05) is 19.9 Å². The van der Waals surface area contributed by atoms with Crippen LogP contribution in [0.1, 0.15) is 62.6 Å². The second kappa shape index (κ2) is 6.66. The molecule has 1 N–H and O–H groups in total. The van der Waals surface area contributed by atoms with Gasteiger partial charge in [-0.2, -0.15) is 0 Å². The lowest BCUT2D eigenvalue weighted by Gasteiger charge is -2.57. The molecule has 0 bridgehead atoms. The van der Waals surface area contributed by atoms with Crippen LogP contribution in [0.25, 0.3) is 16.6 Å². The molecule has 3 nitrogen and oxygen atoms in total. The van der Waals surface area contributed by atoms with E-state index in [1.807, 2.05) is 6.07 Å². The molecule has 30 heavy (non-hydrogen) atoms. The van der Waals surface area contributed by atoms with Crippen LogP contribution in [-0.4, -0.2) is 15.6 Å². The first kappa shape index (κ1) is 19.3. The summed E-state index contributed by atoms with van der Waals surface area (Å²) in [5.41, 5.74) is 3.85. The Hall–Kier alpha value is -2.69. The van der Waals surface area contributed by atoms with E-state index in [2.05, 4.69) is 18.4 Å². The monoisotopic (exact) mass is 409 g/mol. The summed E-state index contributed by atoms with van der Waals surface area (Å²) < 4.78 is 30.7. The lowest BCUT2D eigenvalue weighted by Crippen LogP contribution is -2.49. The molecular weight excluding hydrogens is 384 g/mol. The van der Waals surface area contributed by atoms with Gasteiger partial charge < -0.3 is 9.67 Å². The average Bonchev–Trinajstić information content (AvgIpc) is 2.96. The van der Waals surface area contributed by atoms with E-state index in [9.17, 15) is 14.3 Å². The van der Waals surface area contributed by atoms with Gasteiger partial charge in [-0.3, -0.25) is 4.79 Å². The van der Waals surface area contributed by atoms with Gasteiger partial charge in [0, 0.05) is 16.8 Å². The summed E-state index contributed by atoms with van der Waals surface area (Å²) in [4.78, 5) is 11.2. The van der Waals surface area contributed by atoms with Gasteiger partial charge in [0.05, 0.1) is 11.4 Å². The van der Waals surface area contributed by atoms with E-state index in [4.69, 9.17) is 0 Å². The molecule has 0 atom stereocenters. The third-order valence-corrected chi connectivity index (χ3v) is 7.13. The Labute approximate surface area is 174 Å². The van der Waals surface area contributed by atoms with E-state index in [0.717, 1.165) is 48.1 Å². The summed E-state index contributed by atoms with van der Waals surface area (Å²) in [5, 5.41) is 9.88. The molecule has 0 unspecified atom stereocenters. The third-order valence-electron chi connectivity index (χ3n) is 7.13. The molecule has 1 aromatic heterocycles. The van der Waals surface area contributed by atoms with Gasteiger partial charge in [-0.05, 0) is 84.9 Å². The van der Waals surface area contributed by atoms with Gasteiger partial charge in [0.15, 0.2) is 0 Å². The summed E-state index contributed by atoms with van der Waals surface area (Å²) in [6, 6.07) is 11.5. The number of hydrogen-bond acceptors (Lipinski definition) is 1. The number of aliphatic carboxylic acids is 1. The maximum Gasteiger partial charge on any atom is 0.306 e. The van der Waals surface area contributed by atoms with Gasteiger partial charge in [-0.25, -0.2) is 8.78 Å². The minimum Gasteiger partial charge on any atom is -0.481 e. The van der Waals surface area contributed by atoms with Crippen LogP contribution >= 0.6 is 0 Å². The summed E-state index contributed by atoms with van der Waals surface area (Å²) >= 11 is 0. The summed E-state index contributed by atoms with van der Waals surface area (Å²) in [7, 11) is 0. The molecule has 156 valence electrons. The van der Waals surface area contributed by atoms with Crippen molar-refractivity contribution < 1.29 is 18.7 Å². The highest BCUT2D eigenvalue weighted by atomic mass is 19.1. The molecule has 0 radical (unpaired) electrons. The van der Waals surface area contributed by atoms with E-state index >= 15 is 4.39 Å². The molecule has 0 aliphatic heterocycles. The Bertz CT molecular complexity index is 1130. The zero-order valence-corrected chi connectivity index (χ0v) is 17.2. The van der Waals surface area contributed by atoms with Gasteiger partial charge >= 0.3 is 5.97 Å². The molecule has 1 spiro atoms. The number of rotatable bonds is 4. The van der Waals surface area contributed by atoms with Crippen LogP contribution in [0.15, 0.2) is 42.5 Å². The van der Waals surface area contributed by atoms with Crippen LogP contribution in [0.3, 0.4) is 0 Å². The first-order valence-electron chi connectivity index (χ1n) is 10.6. The van der Waals surface area contributed by atoms with Crippen LogP contribution in [0.4, 0.5) is 8.78 Å². The van der Waals surface area contributed by atoms with Crippen LogP contribution in [0.5, 0.6) is 0 Å². The van der Waals surface area contributed by atoms with Crippen molar-refractivity contribution in [3.63, 3.8) is 0 Å². The fraction of sp³-hybridized carbons (Fsp3) is 0.400. The second-order valence-corrected chi connectivity index (χ2v) is 9.45. The highest BCUT2D eigenvalue weighted by molar-refractivity contribution is 5.89. The number of hydrogen-bond donors (Lipinski definition) is 1. The number of nitrogens with zero attached hydrogens (tertiary/aromatic N) is 1. The van der Waals surface area contributed by atoms with E-state index in [1.165, 1.54) is 18.2 Å². The number of carboxylic acids is 1. The topological polar surface area (TPSA) is 42.2 Å². The van der Waals surface area contributed by atoms with Gasteiger partial charge in [0.1, 0.15) is 11.6 Å². The predicted octanol–water partition coefficient (Wildman–Crippen LogP) is 6.39. The molecule has 2 fully saturated rings. The number of benzene rings is 2. The first-order valence-corrected chi connectivity index (χ1v) is 10.6. The molecular formula is C25H25F2NO2. The Morgan fingerprint density at radius 3 is 2.33 bits per heavy atom. The molecule has 2 aromatic carbocycles.